The van der Waals surface area contributed by atoms with Crippen LogP contribution in [-0.4, -0.2) is 21.0 Å². The maximum atomic E-state index is 6.69. The number of hydrogen-bond acceptors (Lipinski definition) is 5. The van der Waals surface area contributed by atoms with Gasteiger partial charge in [-0.2, -0.15) is 0 Å². The van der Waals surface area contributed by atoms with Crippen LogP contribution in [-0.2, 0) is 0 Å². The van der Waals surface area contributed by atoms with Crippen LogP contribution >= 0.6 is 0 Å². The maximum Gasteiger partial charge on any atom is 0.161 e. The van der Waals surface area contributed by atoms with Crippen molar-refractivity contribution in [2.75, 3.05) is 0 Å². The molecule has 0 aliphatic carbocycles. The molecule has 0 amide bonds. The minimum Gasteiger partial charge on any atom is -0.454 e. The number of rotatable bonds is 6. The molecule has 59 heavy (non-hydrogen) atoms. The molecular formula is C54H36N4O. The summed E-state index contributed by atoms with van der Waals surface area (Å²) in [6.07, 6.45) is 6.15. The molecule has 7 aromatic carbocycles. The smallest absolute Gasteiger partial charge is 0.161 e. The molecule has 0 saturated carbocycles. The van der Waals surface area contributed by atoms with E-state index in [0.717, 1.165) is 83.3 Å². The van der Waals surface area contributed by atoms with E-state index in [1.165, 1.54) is 21.5 Å². The number of furan rings is 1. The summed E-state index contributed by atoms with van der Waals surface area (Å²) in [5.74, 6) is 0.652. The zero-order valence-electron chi connectivity index (χ0n) is 32.2. The van der Waals surface area contributed by atoms with Gasteiger partial charge in [0.15, 0.2) is 11.2 Å². The SMILES string of the molecule is C[C@@H]1C=CC(c2cc(-c3cc(-c4cccc(-c5ccccn5)c4)nc(-c4ccccc4)n3)cc(-c3cc4ccccc4c4ccccc34)c2)=c2oc3ccccc3c2=N1. The lowest BCUT2D eigenvalue weighted by Gasteiger charge is -2.15. The summed E-state index contributed by atoms with van der Waals surface area (Å²) in [5.41, 5.74) is 12.2. The van der Waals surface area contributed by atoms with Gasteiger partial charge in [-0.25, -0.2) is 9.97 Å². The lowest BCUT2D eigenvalue weighted by molar-refractivity contribution is 0.570. The molecule has 0 spiro atoms. The van der Waals surface area contributed by atoms with Crippen molar-refractivity contribution >= 4 is 38.1 Å². The first-order valence-electron chi connectivity index (χ1n) is 19.9. The Morgan fingerprint density at radius 3 is 1.95 bits per heavy atom. The van der Waals surface area contributed by atoms with Crippen molar-refractivity contribution in [2.24, 2.45) is 4.99 Å². The topological polar surface area (TPSA) is 64.2 Å². The van der Waals surface area contributed by atoms with Crippen LogP contribution in [0.15, 0.2) is 204 Å². The van der Waals surface area contributed by atoms with Crippen molar-refractivity contribution in [3.05, 3.63) is 211 Å². The monoisotopic (exact) mass is 756 g/mol. The van der Waals surface area contributed by atoms with Crippen LogP contribution in [0, 0.1) is 0 Å². The van der Waals surface area contributed by atoms with Gasteiger partial charge in [0.05, 0.1) is 23.1 Å². The molecule has 5 heteroatoms. The molecule has 3 aromatic heterocycles. The third kappa shape index (κ3) is 6.30. The highest BCUT2D eigenvalue weighted by Crippen LogP contribution is 2.39. The highest BCUT2D eigenvalue weighted by Gasteiger charge is 2.19. The molecule has 5 nitrogen and oxygen atoms in total. The number of hydrogen-bond donors (Lipinski definition) is 0. The van der Waals surface area contributed by atoms with Crippen LogP contribution in [0.2, 0.25) is 0 Å². The third-order valence-corrected chi connectivity index (χ3v) is 11.2. The van der Waals surface area contributed by atoms with Crippen LogP contribution in [0.1, 0.15) is 12.5 Å². The second kappa shape index (κ2) is 14.3. The fourth-order valence-electron chi connectivity index (χ4n) is 8.34. The molecule has 0 saturated heterocycles. The van der Waals surface area contributed by atoms with Gasteiger partial charge in [-0.15, -0.1) is 0 Å². The Bertz CT molecular complexity index is 3410. The summed E-state index contributed by atoms with van der Waals surface area (Å²) >= 11 is 0. The van der Waals surface area contributed by atoms with E-state index >= 15 is 0 Å². The van der Waals surface area contributed by atoms with E-state index in [0.29, 0.717) is 5.82 Å². The highest BCUT2D eigenvalue weighted by molar-refractivity contribution is 6.14. The van der Waals surface area contributed by atoms with Gasteiger partial charge in [0.2, 0.25) is 0 Å². The van der Waals surface area contributed by atoms with E-state index in [1.807, 2.05) is 60.8 Å². The first kappa shape index (κ1) is 34.5. The molecule has 1 atom stereocenters. The van der Waals surface area contributed by atoms with Gasteiger partial charge in [0.25, 0.3) is 0 Å². The van der Waals surface area contributed by atoms with E-state index in [2.05, 4.69) is 145 Å². The van der Waals surface area contributed by atoms with E-state index in [1.54, 1.807) is 0 Å². The lowest BCUT2D eigenvalue weighted by atomic mass is 9.89. The van der Waals surface area contributed by atoms with Crippen molar-refractivity contribution in [1.29, 1.82) is 0 Å². The van der Waals surface area contributed by atoms with Gasteiger partial charge in [-0.3, -0.25) is 9.98 Å². The van der Waals surface area contributed by atoms with Crippen LogP contribution < -0.4 is 10.8 Å². The summed E-state index contributed by atoms with van der Waals surface area (Å²) < 4.78 is 6.69. The molecule has 0 N–H and O–H groups in total. The van der Waals surface area contributed by atoms with Gasteiger partial charge < -0.3 is 4.42 Å². The molecule has 0 bridgehead atoms. The summed E-state index contributed by atoms with van der Waals surface area (Å²) in [6.45, 7) is 2.12. The van der Waals surface area contributed by atoms with Crippen molar-refractivity contribution < 1.29 is 4.42 Å². The minimum absolute atomic E-state index is 0.0287. The van der Waals surface area contributed by atoms with Crippen molar-refractivity contribution in [3.8, 4) is 56.3 Å². The largest absolute Gasteiger partial charge is 0.454 e. The second-order valence-corrected chi connectivity index (χ2v) is 15.0. The average molecular weight is 757 g/mol. The van der Waals surface area contributed by atoms with Crippen molar-refractivity contribution in [3.63, 3.8) is 0 Å². The number of benzene rings is 7. The molecule has 1 aliphatic heterocycles. The van der Waals surface area contributed by atoms with Crippen molar-refractivity contribution in [1.82, 2.24) is 15.0 Å². The zero-order valence-corrected chi connectivity index (χ0v) is 32.2. The van der Waals surface area contributed by atoms with E-state index < -0.39 is 0 Å². The second-order valence-electron chi connectivity index (χ2n) is 15.0. The Hall–Kier alpha value is -7.76. The van der Waals surface area contributed by atoms with Gasteiger partial charge in [-0.05, 0) is 106 Å². The molecule has 10 aromatic rings. The molecule has 0 fully saturated rings. The van der Waals surface area contributed by atoms with Crippen LogP contribution in [0.5, 0.6) is 0 Å². The normalized spacial score (nSPS) is 13.7. The molecule has 278 valence electrons. The standard InChI is InChI=1S/C54H36N4O/c1-34-25-26-43(53-52(56-34)46-22-9-10-24-51(46)59-53)39-29-40(47-32-36-16-5-6-19-42(36)44-20-7-8-21-45(44)47)31-41(30-39)50-33-49(57-54(58-50)35-14-3-2-4-15-35)38-18-13-17-37(28-38)48-23-11-12-27-55-48/h2-34H,1H3/t34-/m1/s1. The predicted molar refractivity (Wildman–Crippen MR) is 240 cm³/mol. The molecule has 11 rings (SSSR count). The van der Waals surface area contributed by atoms with E-state index in [4.69, 9.17) is 19.4 Å². The zero-order chi connectivity index (χ0) is 39.3. The Morgan fingerprint density at radius 1 is 0.475 bits per heavy atom. The molecule has 0 unspecified atom stereocenters. The van der Waals surface area contributed by atoms with E-state index in [-0.39, 0.29) is 6.04 Å². The number of nitrogens with zero attached hydrogens (tertiary/aromatic N) is 4. The van der Waals surface area contributed by atoms with Crippen LogP contribution in [0.3, 0.4) is 0 Å². The summed E-state index contributed by atoms with van der Waals surface area (Å²) in [7, 11) is 0. The molecular weight excluding hydrogens is 721 g/mol. The Balaban J connectivity index is 1.20. The highest BCUT2D eigenvalue weighted by atomic mass is 16.3. The average Bonchev–Trinajstić information content (AvgIpc) is 3.57. The lowest BCUT2D eigenvalue weighted by Crippen LogP contribution is -2.24. The molecule has 1 aliphatic rings. The Kier molecular flexibility index (Phi) is 8.37. The molecule has 0 radical (unpaired) electrons. The van der Waals surface area contributed by atoms with Crippen LogP contribution in [0.4, 0.5) is 0 Å². The summed E-state index contributed by atoms with van der Waals surface area (Å²) in [5, 5.41) is 6.69. The number of allylic oxidation sites excluding steroid dienone is 1. The van der Waals surface area contributed by atoms with Gasteiger partial charge in [0, 0.05) is 39.4 Å². The van der Waals surface area contributed by atoms with E-state index in [9.17, 15) is 0 Å². The van der Waals surface area contributed by atoms with Gasteiger partial charge >= 0.3 is 0 Å². The number of fused-ring (bicyclic) bond motifs is 6. The fraction of sp³-hybridized carbons (Fsp3) is 0.0370. The molecule has 4 heterocycles. The third-order valence-electron chi connectivity index (χ3n) is 11.2. The number of aromatic nitrogens is 3. The Labute approximate surface area is 341 Å². The fourth-order valence-corrected chi connectivity index (χ4v) is 8.34. The van der Waals surface area contributed by atoms with Crippen LogP contribution in [0.25, 0.3) is 94.4 Å². The summed E-state index contributed by atoms with van der Waals surface area (Å²) in [4.78, 5) is 20.3. The first-order chi connectivity index (χ1) is 29.1. The minimum atomic E-state index is -0.0287. The summed E-state index contributed by atoms with van der Waals surface area (Å²) in [6, 6.07) is 61.3. The maximum absolute atomic E-state index is 6.69. The van der Waals surface area contributed by atoms with Gasteiger partial charge in [0.1, 0.15) is 10.9 Å². The number of pyridine rings is 1. The quantitative estimate of drug-likeness (QED) is 0.159. The first-order valence-corrected chi connectivity index (χ1v) is 19.9. The predicted octanol–water partition coefficient (Wildman–Crippen LogP) is 12.0. The van der Waals surface area contributed by atoms with Crippen molar-refractivity contribution in [2.45, 2.75) is 13.0 Å². The Morgan fingerprint density at radius 2 is 1.12 bits per heavy atom. The van der Waals surface area contributed by atoms with Gasteiger partial charge in [-0.1, -0.05) is 127 Å². The number of para-hydroxylation sites is 1.